The number of nitrogens with one attached hydrogen (secondary N) is 1. The largest absolute Gasteiger partial charge is 0.325 e. The first-order valence-electron chi connectivity index (χ1n) is 4.62. The van der Waals surface area contributed by atoms with Crippen LogP contribution in [0.15, 0.2) is 36.7 Å². The highest BCUT2D eigenvalue weighted by molar-refractivity contribution is 6.29. The van der Waals surface area contributed by atoms with E-state index in [0.29, 0.717) is 5.69 Å². The van der Waals surface area contributed by atoms with Gasteiger partial charge in [-0.3, -0.25) is 4.79 Å². The van der Waals surface area contributed by atoms with Crippen molar-refractivity contribution in [3.05, 3.63) is 36.7 Å². The quantitative estimate of drug-likeness (QED) is 0.821. The standard InChI is InChI=1S/C10H9ClN4O/c11-7-10(16)13-8-2-1-3-9(6-8)15-5-4-12-14-15/h1-6H,7H2,(H,13,16). The van der Waals surface area contributed by atoms with E-state index in [0.717, 1.165) is 5.69 Å². The van der Waals surface area contributed by atoms with Gasteiger partial charge in [0.15, 0.2) is 0 Å². The lowest BCUT2D eigenvalue weighted by atomic mass is 10.3. The van der Waals surface area contributed by atoms with Crippen LogP contribution in [0.25, 0.3) is 5.69 Å². The van der Waals surface area contributed by atoms with E-state index in [2.05, 4.69) is 15.6 Å². The van der Waals surface area contributed by atoms with Crippen molar-refractivity contribution < 1.29 is 4.79 Å². The Hall–Kier alpha value is -1.88. The molecule has 2 aromatic rings. The zero-order valence-electron chi connectivity index (χ0n) is 8.30. The number of anilines is 1. The van der Waals surface area contributed by atoms with E-state index in [1.165, 1.54) is 0 Å². The highest BCUT2D eigenvalue weighted by atomic mass is 35.5. The SMILES string of the molecule is O=C(CCl)Nc1cccc(-n2ccnn2)c1. The van der Waals surface area contributed by atoms with Crippen molar-refractivity contribution in [1.29, 1.82) is 0 Å². The summed E-state index contributed by atoms with van der Waals surface area (Å²) in [6.07, 6.45) is 3.31. The molecule has 1 aromatic heterocycles. The van der Waals surface area contributed by atoms with Gasteiger partial charge in [-0.1, -0.05) is 11.3 Å². The monoisotopic (exact) mass is 236 g/mol. The highest BCUT2D eigenvalue weighted by Gasteiger charge is 2.02. The number of hydrogen-bond acceptors (Lipinski definition) is 3. The second kappa shape index (κ2) is 4.76. The van der Waals surface area contributed by atoms with Gasteiger partial charge in [-0.15, -0.1) is 16.7 Å². The van der Waals surface area contributed by atoms with Gasteiger partial charge in [0.2, 0.25) is 5.91 Å². The van der Waals surface area contributed by atoms with Crippen LogP contribution < -0.4 is 5.32 Å². The molecular weight excluding hydrogens is 228 g/mol. The van der Waals surface area contributed by atoms with Crippen molar-refractivity contribution in [3.63, 3.8) is 0 Å². The van der Waals surface area contributed by atoms with E-state index in [4.69, 9.17) is 11.6 Å². The summed E-state index contributed by atoms with van der Waals surface area (Å²) in [5.74, 6) is -0.300. The summed E-state index contributed by atoms with van der Waals surface area (Å²) in [7, 11) is 0. The van der Waals surface area contributed by atoms with Gasteiger partial charge in [-0.2, -0.15) is 0 Å². The Morgan fingerprint density at radius 2 is 2.38 bits per heavy atom. The van der Waals surface area contributed by atoms with Gasteiger partial charge >= 0.3 is 0 Å². The van der Waals surface area contributed by atoms with Gasteiger partial charge in [0, 0.05) is 5.69 Å². The fourth-order valence-electron chi connectivity index (χ4n) is 1.27. The lowest BCUT2D eigenvalue weighted by molar-refractivity contribution is -0.113. The second-order valence-electron chi connectivity index (χ2n) is 3.08. The van der Waals surface area contributed by atoms with Crippen molar-refractivity contribution >= 4 is 23.2 Å². The van der Waals surface area contributed by atoms with Crippen LogP contribution in [-0.4, -0.2) is 26.8 Å². The number of hydrogen-bond donors (Lipinski definition) is 1. The second-order valence-corrected chi connectivity index (χ2v) is 3.35. The number of amides is 1. The van der Waals surface area contributed by atoms with E-state index in [1.54, 1.807) is 29.2 Å². The van der Waals surface area contributed by atoms with Crippen LogP contribution >= 0.6 is 11.6 Å². The predicted octanol–water partition coefficient (Wildman–Crippen LogP) is 1.44. The molecule has 0 spiro atoms. The lowest BCUT2D eigenvalue weighted by Crippen LogP contribution is -2.12. The smallest absolute Gasteiger partial charge is 0.239 e. The predicted molar refractivity (Wildman–Crippen MR) is 60.7 cm³/mol. The zero-order valence-corrected chi connectivity index (χ0v) is 9.05. The van der Waals surface area contributed by atoms with Crippen LogP contribution in [0.4, 0.5) is 5.69 Å². The number of rotatable bonds is 3. The molecule has 0 saturated carbocycles. The van der Waals surface area contributed by atoms with Gasteiger partial charge in [-0.25, -0.2) is 4.68 Å². The van der Waals surface area contributed by atoms with Crippen LogP contribution in [-0.2, 0) is 4.79 Å². The third kappa shape index (κ3) is 2.38. The fraction of sp³-hybridized carbons (Fsp3) is 0.100. The van der Waals surface area contributed by atoms with Crippen molar-refractivity contribution in [2.75, 3.05) is 11.2 Å². The number of alkyl halides is 1. The molecule has 0 aliphatic rings. The van der Waals surface area contributed by atoms with Crippen LogP contribution in [0.5, 0.6) is 0 Å². The average Bonchev–Trinajstić information content (AvgIpc) is 2.83. The Bertz CT molecular complexity index is 483. The number of benzene rings is 1. The topological polar surface area (TPSA) is 59.8 Å². The van der Waals surface area contributed by atoms with Gasteiger partial charge in [0.1, 0.15) is 5.88 Å². The van der Waals surface area contributed by atoms with E-state index >= 15 is 0 Å². The van der Waals surface area contributed by atoms with E-state index in [9.17, 15) is 4.79 Å². The minimum Gasteiger partial charge on any atom is -0.325 e. The maximum absolute atomic E-state index is 11.1. The molecule has 1 heterocycles. The van der Waals surface area contributed by atoms with Crippen LogP contribution in [0.1, 0.15) is 0 Å². The first-order chi connectivity index (χ1) is 7.79. The molecule has 0 bridgehead atoms. The van der Waals surface area contributed by atoms with E-state index < -0.39 is 0 Å². The van der Waals surface area contributed by atoms with Crippen molar-refractivity contribution in [1.82, 2.24) is 15.0 Å². The summed E-state index contributed by atoms with van der Waals surface area (Å²) in [5.41, 5.74) is 1.50. The van der Waals surface area contributed by atoms with Crippen molar-refractivity contribution in [3.8, 4) is 5.69 Å². The molecule has 0 aliphatic carbocycles. The molecule has 0 radical (unpaired) electrons. The minimum absolute atomic E-state index is 0.0620. The fourth-order valence-corrected chi connectivity index (χ4v) is 1.33. The Morgan fingerprint density at radius 3 is 3.06 bits per heavy atom. The first-order valence-corrected chi connectivity index (χ1v) is 5.15. The summed E-state index contributed by atoms with van der Waals surface area (Å²) in [5, 5.41) is 10.2. The molecule has 0 atom stereocenters. The van der Waals surface area contributed by atoms with Crippen molar-refractivity contribution in [2.45, 2.75) is 0 Å². The van der Waals surface area contributed by atoms with Gasteiger partial charge in [0.25, 0.3) is 0 Å². The molecule has 1 amide bonds. The maximum atomic E-state index is 11.1. The number of carbonyl (C=O) groups is 1. The third-order valence-electron chi connectivity index (χ3n) is 1.94. The first kappa shape index (κ1) is 10.6. The van der Waals surface area contributed by atoms with E-state index in [1.807, 2.05) is 12.1 Å². The maximum Gasteiger partial charge on any atom is 0.239 e. The lowest BCUT2D eigenvalue weighted by Gasteiger charge is -2.05. The Morgan fingerprint density at radius 1 is 1.50 bits per heavy atom. The molecule has 82 valence electrons. The van der Waals surface area contributed by atoms with Gasteiger partial charge < -0.3 is 5.32 Å². The average molecular weight is 237 g/mol. The molecule has 0 saturated heterocycles. The molecule has 1 N–H and O–H groups in total. The number of nitrogens with zero attached hydrogens (tertiary/aromatic N) is 3. The number of carbonyl (C=O) groups excluding carboxylic acids is 1. The summed E-state index contributed by atoms with van der Waals surface area (Å²) < 4.78 is 1.61. The summed E-state index contributed by atoms with van der Waals surface area (Å²) in [6, 6.07) is 7.26. The molecular formula is C10H9ClN4O. The Labute approximate surface area is 97.0 Å². The highest BCUT2D eigenvalue weighted by Crippen LogP contribution is 2.13. The van der Waals surface area contributed by atoms with Gasteiger partial charge in [-0.05, 0) is 18.2 Å². The minimum atomic E-state index is -0.239. The zero-order chi connectivity index (χ0) is 11.4. The molecule has 16 heavy (non-hydrogen) atoms. The summed E-state index contributed by atoms with van der Waals surface area (Å²) in [6.45, 7) is 0. The molecule has 0 aliphatic heterocycles. The van der Waals surface area contributed by atoms with E-state index in [-0.39, 0.29) is 11.8 Å². The molecule has 5 nitrogen and oxygen atoms in total. The number of aromatic nitrogens is 3. The summed E-state index contributed by atoms with van der Waals surface area (Å²) >= 11 is 5.40. The summed E-state index contributed by atoms with van der Waals surface area (Å²) in [4.78, 5) is 11.1. The Kier molecular flexibility index (Phi) is 3.16. The Balaban J connectivity index is 2.23. The number of halogens is 1. The molecule has 1 aromatic carbocycles. The molecule has 0 unspecified atom stereocenters. The molecule has 6 heteroatoms. The third-order valence-corrected chi connectivity index (χ3v) is 2.18. The van der Waals surface area contributed by atoms with Crippen LogP contribution in [0, 0.1) is 0 Å². The molecule has 0 fully saturated rings. The van der Waals surface area contributed by atoms with Crippen LogP contribution in [0.2, 0.25) is 0 Å². The van der Waals surface area contributed by atoms with Gasteiger partial charge in [0.05, 0.1) is 18.1 Å². The van der Waals surface area contributed by atoms with Crippen LogP contribution in [0.3, 0.4) is 0 Å². The molecule has 2 rings (SSSR count). The van der Waals surface area contributed by atoms with Crippen molar-refractivity contribution in [2.24, 2.45) is 0 Å². The normalized spacial score (nSPS) is 10.1.